The lowest BCUT2D eigenvalue weighted by Crippen LogP contribution is -2.33. The Balaban J connectivity index is 2.02. The SMILES string of the molecule is Cc1cc(=O)c(C(=O)N(C)c2ccc(S(C)(=O)=O)cc2)nn1-c1ccccc1F. The summed E-state index contributed by atoms with van der Waals surface area (Å²) in [5, 5.41) is 4.08. The fourth-order valence-electron chi connectivity index (χ4n) is 2.76. The molecule has 0 saturated heterocycles. The number of carbonyl (C=O) groups is 1. The molecule has 0 aliphatic rings. The number of carbonyl (C=O) groups excluding carboxylic acids is 1. The molecule has 0 aliphatic carbocycles. The predicted octanol–water partition coefficient (Wildman–Crippen LogP) is 2.36. The number of aryl methyl sites for hydroxylation is 1. The third-order valence-corrected chi connectivity index (χ3v) is 5.48. The summed E-state index contributed by atoms with van der Waals surface area (Å²) in [5.41, 5.74) is -0.120. The van der Waals surface area contributed by atoms with Crippen molar-refractivity contribution in [3.63, 3.8) is 0 Å². The van der Waals surface area contributed by atoms with Gasteiger partial charge in [-0.05, 0) is 43.3 Å². The number of anilines is 1. The van der Waals surface area contributed by atoms with Crippen LogP contribution in [0.25, 0.3) is 5.69 Å². The molecular weight excluding hydrogens is 397 g/mol. The monoisotopic (exact) mass is 415 g/mol. The van der Waals surface area contributed by atoms with Crippen LogP contribution < -0.4 is 10.3 Å². The standard InChI is InChI=1S/C20H18FN3O4S/c1-13-12-18(25)19(22-24(13)17-7-5-4-6-16(17)21)20(26)23(2)14-8-10-15(11-9-14)29(3,27)28/h4-12H,1-3H3. The lowest BCUT2D eigenvalue weighted by molar-refractivity contribution is 0.0985. The molecule has 0 atom stereocenters. The number of nitrogens with zero attached hydrogens (tertiary/aromatic N) is 3. The maximum absolute atomic E-state index is 14.2. The summed E-state index contributed by atoms with van der Waals surface area (Å²) in [6, 6.07) is 12.8. The summed E-state index contributed by atoms with van der Waals surface area (Å²) >= 11 is 0. The van der Waals surface area contributed by atoms with Crippen molar-refractivity contribution in [2.24, 2.45) is 0 Å². The number of para-hydroxylation sites is 1. The van der Waals surface area contributed by atoms with Gasteiger partial charge in [0.05, 0.1) is 4.90 Å². The van der Waals surface area contributed by atoms with Gasteiger partial charge in [-0.25, -0.2) is 17.5 Å². The molecule has 2 aromatic carbocycles. The maximum atomic E-state index is 14.2. The zero-order chi connectivity index (χ0) is 21.3. The van der Waals surface area contributed by atoms with Crippen LogP contribution in [-0.4, -0.2) is 37.4 Å². The summed E-state index contributed by atoms with van der Waals surface area (Å²) in [6.45, 7) is 1.59. The van der Waals surface area contributed by atoms with E-state index in [-0.39, 0.29) is 16.3 Å². The highest BCUT2D eigenvalue weighted by Gasteiger charge is 2.21. The molecule has 0 radical (unpaired) electrons. The van der Waals surface area contributed by atoms with E-state index in [2.05, 4.69) is 5.10 Å². The molecular formula is C20H18FN3O4S. The zero-order valence-electron chi connectivity index (χ0n) is 16.0. The van der Waals surface area contributed by atoms with Gasteiger partial charge >= 0.3 is 0 Å². The summed E-state index contributed by atoms with van der Waals surface area (Å²) in [4.78, 5) is 26.5. The third kappa shape index (κ3) is 4.09. The van der Waals surface area contributed by atoms with E-state index in [1.165, 1.54) is 65.2 Å². The first-order valence-corrected chi connectivity index (χ1v) is 10.4. The van der Waals surface area contributed by atoms with Crippen molar-refractivity contribution in [3.8, 4) is 5.69 Å². The van der Waals surface area contributed by atoms with Gasteiger partial charge in [0.15, 0.2) is 15.5 Å². The van der Waals surface area contributed by atoms with Crippen molar-refractivity contribution in [1.29, 1.82) is 0 Å². The quantitative estimate of drug-likeness (QED) is 0.653. The molecule has 0 unspecified atom stereocenters. The average Bonchev–Trinajstić information content (AvgIpc) is 2.67. The Hall–Kier alpha value is -3.33. The van der Waals surface area contributed by atoms with E-state index >= 15 is 0 Å². The Kier molecular flexibility index (Phi) is 5.34. The van der Waals surface area contributed by atoms with E-state index in [1.807, 2.05) is 0 Å². The fourth-order valence-corrected chi connectivity index (χ4v) is 3.39. The van der Waals surface area contributed by atoms with Crippen LogP contribution in [0.2, 0.25) is 0 Å². The van der Waals surface area contributed by atoms with Gasteiger partial charge < -0.3 is 4.90 Å². The second-order valence-corrected chi connectivity index (χ2v) is 8.51. The number of hydrogen-bond acceptors (Lipinski definition) is 5. The first-order valence-electron chi connectivity index (χ1n) is 8.53. The smallest absolute Gasteiger partial charge is 0.282 e. The Labute approximate surface area is 166 Å². The van der Waals surface area contributed by atoms with Crippen molar-refractivity contribution in [2.45, 2.75) is 11.8 Å². The third-order valence-electron chi connectivity index (χ3n) is 4.35. The Morgan fingerprint density at radius 2 is 1.72 bits per heavy atom. The van der Waals surface area contributed by atoms with E-state index in [0.29, 0.717) is 11.4 Å². The molecule has 0 bridgehead atoms. The van der Waals surface area contributed by atoms with Crippen molar-refractivity contribution < 1.29 is 17.6 Å². The molecule has 1 aromatic heterocycles. The summed E-state index contributed by atoms with van der Waals surface area (Å²) in [5.74, 6) is -1.25. The van der Waals surface area contributed by atoms with Gasteiger partial charge in [-0.3, -0.25) is 9.59 Å². The van der Waals surface area contributed by atoms with Crippen LogP contribution in [0.5, 0.6) is 0 Å². The number of amides is 1. The number of benzene rings is 2. The van der Waals surface area contributed by atoms with Crippen molar-refractivity contribution in [3.05, 3.63) is 82.0 Å². The van der Waals surface area contributed by atoms with Crippen LogP contribution in [0.15, 0.2) is 64.3 Å². The Morgan fingerprint density at radius 3 is 2.31 bits per heavy atom. The molecule has 9 heteroatoms. The molecule has 0 saturated carbocycles. The summed E-state index contributed by atoms with van der Waals surface area (Å²) in [7, 11) is -1.94. The number of sulfone groups is 1. The number of aromatic nitrogens is 2. The molecule has 0 spiro atoms. The largest absolute Gasteiger partial charge is 0.310 e. The zero-order valence-corrected chi connectivity index (χ0v) is 16.8. The lowest BCUT2D eigenvalue weighted by atomic mass is 10.2. The fraction of sp³-hybridized carbons (Fsp3) is 0.150. The van der Waals surface area contributed by atoms with Crippen LogP contribution in [-0.2, 0) is 9.84 Å². The van der Waals surface area contributed by atoms with Gasteiger partial charge in [-0.1, -0.05) is 12.1 Å². The molecule has 0 fully saturated rings. The van der Waals surface area contributed by atoms with Crippen molar-refractivity contribution >= 4 is 21.4 Å². The number of halogens is 1. The van der Waals surface area contributed by atoms with E-state index in [4.69, 9.17) is 0 Å². The molecule has 1 heterocycles. The predicted molar refractivity (Wildman–Crippen MR) is 107 cm³/mol. The molecule has 7 nitrogen and oxygen atoms in total. The van der Waals surface area contributed by atoms with Gasteiger partial charge in [0.25, 0.3) is 5.91 Å². The van der Waals surface area contributed by atoms with E-state index < -0.39 is 27.0 Å². The topological polar surface area (TPSA) is 89.3 Å². The minimum atomic E-state index is -3.37. The van der Waals surface area contributed by atoms with E-state index in [0.717, 1.165) is 6.26 Å². The molecule has 0 N–H and O–H groups in total. The molecule has 3 rings (SSSR count). The maximum Gasteiger partial charge on any atom is 0.282 e. The van der Waals surface area contributed by atoms with Gasteiger partial charge in [-0.15, -0.1) is 0 Å². The number of rotatable bonds is 4. The van der Waals surface area contributed by atoms with Crippen LogP contribution in [0.4, 0.5) is 10.1 Å². The molecule has 0 aliphatic heterocycles. The summed E-state index contributed by atoms with van der Waals surface area (Å²) < 4.78 is 38.5. The van der Waals surface area contributed by atoms with E-state index in [9.17, 15) is 22.4 Å². The highest BCUT2D eigenvalue weighted by Crippen LogP contribution is 2.19. The summed E-state index contributed by atoms with van der Waals surface area (Å²) in [6.07, 6.45) is 1.08. The van der Waals surface area contributed by atoms with Crippen LogP contribution in [0, 0.1) is 12.7 Å². The van der Waals surface area contributed by atoms with Crippen LogP contribution >= 0.6 is 0 Å². The first kappa shape index (κ1) is 20.4. The minimum absolute atomic E-state index is 0.109. The van der Waals surface area contributed by atoms with Gasteiger partial charge in [0.1, 0.15) is 11.5 Å². The minimum Gasteiger partial charge on any atom is -0.310 e. The van der Waals surface area contributed by atoms with Gasteiger partial charge in [0.2, 0.25) is 5.43 Å². The molecule has 1 amide bonds. The highest BCUT2D eigenvalue weighted by atomic mass is 32.2. The normalized spacial score (nSPS) is 11.3. The molecule has 150 valence electrons. The highest BCUT2D eigenvalue weighted by molar-refractivity contribution is 7.90. The molecule has 29 heavy (non-hydrogen) atoms. The van der Waals surface area contributed by atoms with Crippen molar-refractivity contribution in [1.82, 2.24) is 9.78 Å². The van der Waals surface area contributed by atoms with Crippen LogP contribution in [0.1, 0.15) is 16.2 Å². The number of hydrogen-bond donors (Lipinski definition) is 0. The second kappa shape index (κ2) is 7.59. The Bertz CT molecular complexity index is 1250. The second-order valence-electron chi connectivity index (χ2n) is 6.49. The van der Waals surface area contributed by atoms with E-state index in [1.54, 1.807) is 13.0 Å². The first-order chi connectivity index (χ1) is 13.6. The van der Waals surface area contributed by atoms with Crippen LogP contribution in [0.3, 0.4) is 0 Å². The molecule has 3 aromatic rings. The Morgan fingerprint density at radius 1 is 1.10 bits per heavy atom. The van der Waals surface area contributed by atoms with Crippen molar-refractivity contribution in [2.75, 3.05) is 18.2 Å². The van der Waals surface area contributed by atoms with Gasteiger partial charge in [-0.2, -0.15) is 5.10 Å². The lowest BCUT2D eigenvalue weighted by Gasteiger charge is -2.18. The average molecular weight is 415 g/mol. The van der Waals surface area contributed by atoms with Gasteiger partial charge in [0, 0.05) is 30.8 Å².